The number of carbonyl (C=O) groups is 2. The van der Waals surface area contributed by atoms with Crippen LogP contribution in [-0.4, -0.2) is 22.7 Å². The molecule has 2 N–H and O–H groups in total. The van der Waals surface area contributed by atoms with E-state index in [-0.39, 0.29) is 17.4 Å². The molecule has 1 aliphatic rings. The van der Waals surface area contributed by atoms with Crippen LogP contribution < -0.4 is 10.6 Å². The van der Waals surface area contributed by atoms with E-state index in [4.69, 9.17) is 58.0 Å². The predicted molar refractivity (Wildman–Crippen MR) is 134 cm³/mol. The molecule has 0 saturated heterocycles. The number of rotatable bonds is 9. The number of hydrogen-bond acceptors (Lipinski definition) is 2. The highest BCUT2D eigenvalue weighted by Crippen LogP contribution is 2.65. The topological polar surface area (TPSA) is 58.2 Å². The summed E-state index contributed by atoms with van der Waals surface area (Å²) in [5, 5.41) is 6.82. The summed E-state index contributed by atoms with van der Waals surface area (Å²) in [6.45, 7) is 2.70. The summed E-state index contributed by atoms with van der Waals surface area (Å²) in [7, 11) is 0. The molecule has 1 fully saturated rings. The summed E-state index contributed by atoms with van der Waals surface area (Å²) in [5.74, 6) is -1.82. The maximum atomic E-state index is 12.9. The lowest BCUT2D eigenvalue weighted by Gasteiger charge is -2.10. The van der Waals surface area contributed by atoms with Crippen LogP contribution in [0.25, 0.3) is 0 Å². The lowest BCUT2D eigenvalue weighted by Crippen LogP contribution is -2.25. The zero-order valence-electron chi connectivity index (χ0n) is 17.4. The summed E-state index contributed by atoms with van der Waals surface area (Å²) < 4.78 is -1.29. The molecular formula is C23H23Cl5N2O2. The molecule has 4 nitrogen and oxygen atoms in total. The molecule has 0 bridgehead atoms. The van der Waals surface area contributed by atoms with Crippen molar-refractivity contribution in [3.8, 4) is 0 Å². The lowest BCUT2D eigenvalue weighted by atomic mass is 10.1. The molecule has 0 heterocycles. The third-order valence-electron chi connectivity index (χ3n) is 5.37. The van der Waals surface area contributed by atoms with Crippen LogP contribution in [0.5, 0.6) is 0 Å². The van der Waals surface area contributed by atoms with Crippen molar-refractivity contribution in [1.82, 2.24) is 5.32 Å². The second-order valence-electron chi connectivity index (χ2n) is 7.83. The van der Waals surface area contributed by atoms with Gasteiger partial charge in [-0.2, -0.15) is 0 Å². The Morgan fingerprint density at radius 1 is 0.969 bits per heavy atom. The van der Waals surface area contributed by atoms with E-state index in [1.807, 2.05) is 0 Å². The number of benzene rings is 2. The van der Waals surface area contributed by atoms with Gasteiger partial charge in [0, 0.05) is 28.2 Å². The molecule has 1 saturated carbocycles. The largest absolute Gasteiger partial charge is 0.352 e. The average molecular weight is 537 g/mol. The van der Waals surface area contributed by atoms with Crippen molar-refractivity contribution >= 4 is 75.5 Å². The Morgan fingerprint density at radius 3 is 2.31 bits per heavy atom. The molecular weight excluding hydrogens is 514 g/mol. The molecule has 2 amide bonds. The van der Waals surface area contributed by atoms with Crippen LogP contribution in [0.15, 0.2) is 36.4 Å². The van der Waals surface area contributed by atoms with Crippen LogP contribution in [0.2, 0.25) is 15.1 Å². The standard InChI is InChI=1S/C23H23Cl5N2O2/c1-2-3-4-5-8-29-21(31)17-12-16(6-7-18(17)26)30-22(32)20-19(23(20,27)28)13-9-14(24)11-15(25)10-13/h6-7,9-12,19-20H,2-5,8H2,1H3,(H,29,31)(H,30,32)/t19-,20+/m1/s1. The SMILES string of the molecule is CCCCCCNC(=O)c1cc(NC(=O)[C@@H]2[C@@H](c3cc(Cl)cc(Cl)c3)C2(Cl)Cl)ccc1Cl. The second-order valence-corrected chi connectivity index (χ2v) is 10.6. The molecule has 2 atom stereocenters. The van der Waals surface area contributed by atoms with E-state index in [1.54, 1.807) is 36.4 Å². The number of anilines is 1. The van der Waals surface area contributed by atoms with Gasteiger partial charge in [-0.3, -0.25) is 9.59 Å². The van der Waals surface area contributed by atoms with Gasteiger partial charge in [-0.1, -0.05) is 61.0 Å². The van der Waals surface area contributed by atoms with E-state index in [1.165, 1.54) is 0 Å². The Labute approximate surface area is 212 Å². The highest BCUT2D eigenvalue weighted by Gasteiger charge is 2.67. The Bertz CT molecular complexity index is 992. The summed E-state index contributed by atoms with van der Waals surface area (Å²) in [5.41, 5.74) is 1.40. The monoisotopic (exact) mass is 534 g/mol. The highest BCUT2D eigenvalue weighted by atomic mass is 35.5. The van der Waals surface area contributed by atoms with Gasteiger partial charge in [-0.05, 0) is 48.4 Å². The van der Waals surface area contributed by atoms with Crippen LogP contribution in [0, 0.1) is 5.92 Å². The number of halogens is 5. The Morgan fingerprint density at radius 2 is 1.66 bits per heavy atom. The summed E-state index contributed by atoms with van der Waals surface area (Å²) in [6, 6.07) is 9.71. The zero-order chi connectivity index (χ0) is 23.5. The van der Waals surface area contributed by atoms with Gasteiger partial charge >= 0.3 is 0 Å². The van der Waals surface area contributed by atoms with Crippen molar-refractivity contribution in [3.05, 3.63) is 62.6 Å². The smallest absolute Gasteiger partial charge is 0.252 e. The fourth-order valence-electron chi connectivity index (χ4n) is 3.67. The number of unbranched alkanes of at least 4 members (excludes halogenated alkanes) is 3. The van der Waals surface area contributed by atoms with E-state index in [9.17, 15) is 9.59 Å². The molecule has 0 unspecified atom stereocenters. The van der Waals surface area contributed by atoms with Crippen molar-refractivity contribution < 1.29 is 9.59 Å². The zero-order valence-corrected chi connectivity index (χ0v) is 21.1. The summed E-state index contributed by atoms with van der Waals surface area (Å²) in [4.78, 5) is 25.4. The fraction of sp³-hybridized carbons (Fsp3) is 0.391. The van der Waals surface area contributed by atoms with Crippen LogP contribution >= 0.6 is 58.0 Å². The van der Waals surface area contributed by atoms with Crippen molar-refractivity contribution in [2.24, 2.45) is 5.92 Å². The van der Waals surface area contributed by atoms with E-state index in [2.05, 4.69) is 17.6 Å². The molecule has 0 spiro atoms. The Hall–Kier alpha value is -1.17. The molecule has 9 heteroatoms. The third kappa shape index (κ3) is 6.03. The third-order valence-corrected chi connectivity index (χ3v) is 7.08. The maximum absolute atomic E-state index is 12.9. The van der Waals surface area contributed by atoms with Gasteiger partial charge in [0.15, 0.2) is 0 Å². The van der Waals surface area contributed by atoms with Gasteiger partial charge in [0.2, 0.25) is 5.91 Å². The lowest BCUT2D eigenvalue weighted by molar-refractivity contribution is -0.117. The fourth-order valence-corrected chi connectivity index (χ4v) is 5.24. The van der Waals surface area contributed by atoms with Gasteiger partial charge in [-0.25, -0.2) is 0 Å². The van der Waals surface area contributed by atoms with Crippen LogP contribution in [0.4, 0.5) is 5.69 Å². The van der Waals surface area contributed by atoms with Gasteiger partial charge in [0.1, 0.15) is 4.33 Å². The minimum absolute atomic E-state index is 0.288. The molecule has 32 heavy (non-hydrogen) atoms. The molecule has 3 rings (SSSR count). The van der Waals surface area contributed by atoms with Crippen LogP contribution in [-0.2, 0) is 4.79 Å². The van der Waals surface area contributed by atoms with E-state index in [0.29, 0.717) is 32.9 Å². The molecule has 2 aromatic rings. The molecule has 0 aromatic heterocycles. The predicted octanol–water partition coefficient (Wildman–Crippen LogP) is 7.48. The summed E-state index contributed by atoms with van der Waals surface area (Å²) in [6.07, 6.45) is 4.21. The normalized spacial score (nSPS) is 18.8. The van der Waals surface area contributed by atoms with Crippen LogP contribution in [0.3, 0.4) is 0 Å². The number of amides is 2. The van der Waals surface area contributed by atoms with E-state index in [0.717, 1.165) is 25.7 Å². The Kier molecular flexibility index (Phi) is 8.62. The molecule has 0 radical (unpaired) electrons. The van der Waals surface area contributed by atoms with Crippen LogP contribution in [0.1, 0.15) is 54.4 Å². The number of alkyl halides is 2. The van der Waals surface area contributed by atoms with E-state index >= 15 is 0 Å². The summed E-state index contributed by atoms with van der Waals surface area (Å²) >= 11 is 31.2. The Balaban J connectivity index is 1.67. The second kappa shape index (κ2) is 10.8. The van der Waals surface area contributed by atoms with Crippen molar-refractivity contribution in [3.63, 3.8) is 0 Å². The number of hydrogen-bond donors (Lipinski definition) is 2. The van der Waals surface area contributed by atoms with Gasteiger partial charge in [0.05, 0.1) is 16.5 Å². The van der Waals surface area contributed by atoms with Crippen molar-refractivity contribution in [1.29, 1.82) is 0 Å². The average Bonchev–Trinajstić information content (AvgIpc) is 3.30. The first-order valence-electron chi connectivity index (χ1n) is 10.4. The first-order valence-corrected chi connectivity index (χ1v) is 12.3. The maximum Gasteiger partial charge on any atom is 0.252 e. The number of nitrogens with one attached hydrogen (secondary N) is 2. The first kappa shape index (κ1) is 25.5. The highest BCUT2D eigenvalue weighted by molar-refractivity contribution is 6.53. The molecule has 2 aromatic carbocycles. The first-order chi connectivity index (χ1) is 15.1. The van der Waals surface area contributed by atoms with Crippen molar-refractivity contribution in [2.45, 2.75) is 42.9 Å². The van der Waals surface area contributed by atoms with Gasteiger partial charge < -0.3 is 10.6 Å². The van der Waals surface area contributed by atoms with E-state index < -0.39 is 16.2 Å². The minimum atomic E-state index is -1.29. The quantitative estimate of drug-likeness (QED) is 0.258. The van der Waals surface area contributed by atoms with Gasteiger partial charge in [0.25, 0.3) is 5.91 Å². The van der Waals surface area contributed by atoms with Crippen molar-refractivity contribution in [2.75, 3.05) is 11.9 Å². The molecule has 1 aliphatic carbocycles. The number of carbonyl (C=O) groups excluding carboxylic acids is 2. The molecule has 0 aliphatic heterocycles. The minimum Gasteiger partial charge on any atom is -0.352 e. The molecule has 172 valence electrons. The van der Waals surface area contributed by atoms with Gasteiger partial charge in [-0.15, -0.1) is 23.2 Å².